The topological polar surface area (TPSA) is 91.0 Å². The molecule has 1 heterocycles. The van der Waals surface area contributed by atoms with Gasteiger partial charge in [-0.15, -0.1) is 0 Å². The first kappa shape index (κ1) is 18.3. The Bertz CT molecular complexity index is 446. The fourth-order valence-electron chi connectivity index (χ4n) is 2.23. The summed E-state index contributed by atoms with van der Waals surface area (Å²) >= 11 is 0. The highest BCUT2D eigenvalue weighted by Crippen LogP contribution is 2.26. The summed E-state index contributed by atoms with van der Waals surface area (Å²) in [5.74, 6) is -0.0229. The van der Waals surface area contributed by atoms with Gasteiger partial charge in [-0.3, -0.25) is 14.1 Å². The van der Waals surface area contributed by atoms with Crippen molar-refractivity contribution in [1.82, 2.24) is 0 Å². The largest absolute Gasteiger partial charge is 0.463 e. The van der Waals surface area contributed by atoms with Crippen molar-refractivity contribution in [2.45, 2.75) is 44.9 Å². The van der Waals surface area contributed by atoms with E-state index in [2.05, 4.69) is 4.99 Å². The molecule has 2 N–H and O–H groups in total. The molecule has 0 bridgehead atoms. The second-order valence-corrected chi connectivity index (χ2v) is 5.83. The molecule has 0 radical (unpaired) electrons. The van der Waals surface area contributed by atoms with Crippen LogP contribution in [0.3, 0.4) is 0 Å². The molecule has 0 aromatic carbocycles. The van der Waals surface area contributed by atoms with Crippen LogP contribution < -0.4 is 5.73 Å². The second-order valence-electron chi connectivity index (χ2n) is 5.83. The summed E-state index contributed by atoms with van der Waals surface area (Å²) in [6, 6.07) is 0. The molecular formula is C15H26N3O4+. The maximum atomic E-state index is 11.4. The summed E-state index contributed by atoms with van der Waals surface area (Å²) in [5, 5.41) is 0. The molecule has 0 aromatic heterocycles. The number of carbonyl (C=O) groups is 2. The molecule has 2 atom stereocenters. The molecule has 1 fully saturated rings. The standard InChI is InChI=1S/C15H25N3O4/c1-4-5-15(20)21-10-12-6-7-14(22-12)18(2,3)9-8-13(16)17-11-19/h8-9,11-12,14H,4-7,10H2,1-3H3,(H-,16,17,19)/p+1/b9-8-. The number of rotatable bonds is 8. The predicted octanol–water partition coefficient (Wildman–Crippen LogP) is 0.939. The van der Waals surface area contributed by atoms with Crippen molar-refractivity contribution in [2.75, 3.05) is 20.7 Å². The predicted molar refractivity (Wildman–Crippen MR) is 82.7 cm³/mol. The summed E-state index contributed by atoms with van der Waals surface area (Å²) in [4.78, 5) is 25.1. The SMILES string of the molecule is CCCC(=O)OCC1CCC([N+](C)(C)/C=C\C(N)=NC=O)O1. The number of hydrogen-bond acceptors (Lipinski definition) is 4. The average Bonchev–Trinajstić information content (AvgIpc) is 2.94. The molecule has 1 saturated heterocycles. The van der Waals surface area contributed by atoms with Gasteiger partial charge in [0.15, 0.2) is 6.23 Å². The van der Waals surface area contributed by atoms with Crippen LogP contribution >= 0.6 is 0 Å². The molecule has 124 valence electrons. The highest BCUT2D eigenvalue weighted by atomic mass is 16.6. The van der Waals surface area contributed by atoms with E-state index in [9.17, 15) is 9.59 Å². The molecule has 0 aromatic rings. The fraction of sp³-hybridized carbons (Fsp3) is 0.667. The van der Waals surface area contributed by atoms with Gasteiger partial charge < -0.3 is 15.2 Å². The minimum Gasteiger partial charge on any atom is -0.463 e. The lowest BCUT2D eigenvalue weighted by molar-refractivity contribution is -0.889. The van der Waals surface area contributed by atoms with Crippen LogP contribution in [0.15, 0.2) is 17.3 Å². The Morgan fingerprint density at radius 3 is 2.82 bits per heavy atom. The van der Waals surface area contributed by atoms with Gasteiger partial charge in [-0.25, -0.2) is 0 Å². The summed E-state index contributed by atoms with van der Waals surface area (Å²) in [7, 11) is 3.95. The zero-order chi connectivity index (χ0) is 16.6. The van der Waals surface area contributed by atoms with Crippen molar-refractivity contribution in [3.63, 3.8) is 0 Å². The molecule has 2 unspecified atom stereocenters. The van der Waals surface area contributed by atoms with Crippen molar-refractivity contribution >= 4 is 18.2 Å². The van der Waals surface area contributed by atoms with Gasteiger partial charge in [-0.05, 0) is 12.8 Å². The third-order valence-electron chi connectivity index (χ3n) is 3.54. The third kappa shape index (κ3) is 5.95. The molecule has 1 aliphatic rings. The minimum atomic E-state index is -0.180. The summed E-state index contributed by atoms with van der Waals surface area (Å²) < 4.78 is 11.6. The van der Waals surface area contributed by atoms with E-state index in [0.29, 0.717) is 23.9 Å². The van der Waals surface area contributed by atoms with Crippen LogP contribution in [0.2, 0.25) is 0 Å². The van der Waals surface area contributed by atoms with Crippen molar-refractivity contribution < 1.29 is 23.5 Å². The smallest absolute Gasteiger partial charge is 0.305 e. The Labute approximate surface area is 131 Å². The van der Waals surface area contributed by atoms with Crippen molar-refractivity contribution in [1.29, 1.82) is 0 Å². The van der Waals surface area contributed by atoms with Crippen LogP contribution in [0.5, 0.6) is 0 Å². The van der Waals surface area contributed by atoms with E-state index in [1.54, 1.807) is 6.08 Å². The highest BCUT2D eigenvalue weighted by Gasteiger charge is 2.36. The molecule has 1 aliphatic heterocycles. The van der Waals surface area contributed by atoms with Crippen LogP contribution in [-0.2, 0) is 19.1 Å². The summed E-state index contributed by atoms with van der Waals surface area (Å²) in [6.45, 7) is 2.24. The van der Waals surface area contributed by atoms with Crippen LogP contribution in [0.4, 0.5) is 0 Å². The molecule has 7 nitrogen and oxygen atoms in total. The number of carbonyl (C=O) groups excluding carboxylic acids is 2. The van der Waals surface area contributed by atoms with E-state index in [1.807, 2.05) is 27.2 Å². The maximum Gasteiger partial charge on any atom is 0.305 e. The molecule has 1 rings (SSSR count). The first-order chi connectivity index (χ1) is 10.4. The van der Waals surface area contributed by atoms with Gasteiger partial charge in [0.1, 0.15) is 18.6 Å². The van der Waals surface area contributed by atoms with Gasteiger partial charge in [-0.1, -0.05) is 6.92 Å². The van der Waals surface area contributed by atoms with Gasteiger partial charge in [-0.2, -0.15) is 4.99 Å². The zero-order valence-corrected chi connectivity index (χ0v) is 13.5. The number of esters is 1. The third-order valence-corrected chi connectivity index (χ3v) is 3.54. The Balaban J connectivity index is 2.48. The lowest BCUT2D eigenvalue weighted by Crippen LogP contribution is -2.44. The van der Waals surface area contributed by atoms with Crippen LogP contribution in [0.25, 0.3) is 0 Å². The van der Waals surface area contributed by atoms with Gasteiger partial charge >= 0.3 is 5.97 Å². The van der Waals surface area contributed by atoms with Crippen molar-refractivity contribution in [3.8, 4) is 0 Å². The van der Waals surface area contributed by atoms with E-state index in [0.717, 1.165) is 19.3 Å². The van der Waals surface area contributed by atoms with Crippen molar-refractivity contribution in [2.24, 2.45) is 10.7 Å². The van der Waals surface area contributed by atoms with Crippen LogP contribution in [0, 0.1) is 0 Å². The molecule has 0 spiro atoms. The number of quaternary nitrogens is 1. The lowest BCUT2D eigenvalue weighted by atomic mass is 10.2. The number of nitrogens with zero attached hydrogens (tertiary/aromatic N) is 2. The van der Waals surface area contributed by atoms with Crippen molar-refractivity contribution in [3.05, 3.63) is 12.3 Å². The van der Waals surface area contributed by atoms with Gasteiger partial charge in [0.05, 0.1) is 20.2 Å². The Morgan fingerprint density at radius 2 is 2.18 bits per heavy atom. The molecule has 0 saturated carbocycles. The Morgan fingerprint density at radius 1 is 1.45 bits per heavy atom. The number of hydrogen-bond donors (Lipinski definition) is 1. The van der Waals surface area contributed by atoms with Gasteiger partial charge in [0.2, 0.25) is 6.41 Å². The first-order valence-corrected chi connectivity index (χ1v) is 7.49. The van der Waals surface area contributed by atoms with Crippen LogP contribution in [-0.4, -0.2) is 55.7 Å². The molecule has 7 heteroatoms. The first-order valence-electron chi connectivity index (χ1n) is 7.49. The second kappa shape index (κ2) is 8.65. The van der Waals surface area contributed by atoms with Crippen LogP contribution in [0.1, 0.15) is 32.6 Å². The Kier molecular flexibility index (Phi) is 7.20. The molecule has 22 heavy (non-hydrogen) atoms. The maximum absolute atomic E-state index is 11.4. The number of aliphatic imine (C=N–C) groups is 1. The summed E-state index contributed by atoms with van der Waals surface area (Å²) in [5.41, 5.74) is 5.55. The Hall–Kier alpha value is -1.73. The van der Waals surface area contributed by atoms with E-state index in [1.165, 1.54) is 0 Å². The van der Waals surface area contributed by atoms with E-state index in [4.69, 9.17) is 15.2 Å². The van der Waals surface area contributed by atoms with E-state index < -0.39 is 0 Å². The van der Waals surface area contributed by atoms with Gasteiger partial charge in [0.25, 0.3) is 0 Å². The lowest BCUT2D eigenvalue weighted by Gasteiger charge is -2.31. The number of amidine groups is 1. The fourth-order valence-corrected chi connectivity index (χ4v) is 2.23. The quantitative estimate of drug-likeness (QED) is 0.237. The number of ether oxygens (including phenoxy) is 2. The molecule has 0 aliphatic carbocycles. The minimum absolute atomic E-state index is 0.0461. The normalized spacial score (nSPS) is 23.0. The monoisotopic (exact) mass is 312 g/mol. The summed E-state index contributed by atoms with van der Waals surface area (Å²) in [6.07, 6.45) is 6.64. The zero-order valence-electron chi connectivity index (χ0n) is 13.5. The molecule has 1 amide bonds. The molecular weight excluding hydrogens is 286 g/mol. The highest BCUT2D eigenvalue weighted by molar-refractivity contribution is 5.95. The van der Waals surface area contributed by atoms with E-state index >= 15 is 0 Å². The van der Waals surface area contributed by atoms with E-state index in [-0.39, 0.29) is 24.1 Å². The van der Waals surface area contributed by atoms with Gasteiger partial charge in [0, 0.05) is 18.9 Å². The number of amides is 1. The average molecular weight is 312 g/mol. The number of nitrogens with two attached hydrogens (primary N) is 1.